The smallest absolute Gasteiger partial charge is 0.0212 e. The molecule has 0 unspecified atom stereocenters. The zero-order valence-corrected chi connectivity index (χ0v) is 5.59. The van der Waals surface area contributed by atoms with Crippen molar-refractivity contribution in [3.05, 3.63) is 35.5 Å². The second-order valence-corrected chi connectivity index (χ2v) is 2.90. The van der Waals surface area contributed by atoms with Gasteiger partial charge in [0.15, 0.2) is 0 Å². The van der Waals surface area contributed by atoms with Crippen LogP contribution in [0.3, 0.4) is 0 Å². The SMILES string of the molecule is C[C@H]1C=C2C=CC(=C2)C1. The lowest BCUT2D eigenvalue weighted by atomic mass is 9.96. The molecule has 2 aliphatic rings. The second kappa shape index (κ2) is 1.60. The van der Waals surface area contributed by atoms with Crippen LogP contribution in [0.4, 0.5) is 0 Å². The van der Waals surface area contributed by atoms with E-state index in [1.54, 1.807) is 0 Å². The average molecular weight is 118 g/mol. The van der Waals surface area contributed by atoms with Crippen LogP contribution in [-0.4, -0.2) is 0 Å². The molecular weight excluding hydrogens is 108 g/mol. The normalized spacial score (nSPS) is 30.1. The summed E-state index contributed by atoms with van der Waals surface area (Å²) in [5, 5.41) is 0. The second-order valence-electron chi connectivity index (χ2n) is 2.90. The van der Waals surface area contributed by atoms with Crippen LogP contribution in [0, 0.1) is 5.92 Å². The van der Waals surface area contributed by atoms with Gasteiger partial charge in [0.1, 0.15) is 0 Å². The minimum Gasteiger partial charge on any atom is -0.0741 e. The average Bonchev–Trinajstić information content (AvgIpc) is 2.11. The quantitative estimate of drug-likeness (QED) is 0.458. The molecule has 1 atom stereocenters. The topological polar surface area (TPSA) is 0 Å². The van der Waals surface area contributed by atoms with Crippen LogP contribution in [0.1, 0.15) is 13.3 Å². The van der Waals surface area contributed by atoms with Crippen LogP contribution in [0.2, 0.25) is 0 Å². The first-order valence-corrected chi connectivity index (χ1v) is 3.45. The fraction of sp³-hybridized carbons (Fsp3) is 0.333. The monoisotopic (exact) mass is 118 g/mol. The van der Waals surface area contributed by atoms with Gasteiger partial charge in [0.25, 0.3) is 0 Å². The van der Waals surface area contributed by atoms with E-state index in [1.807, 2.05) is 0 Å². The van der Waals surface area contributed by atoms with Crippen LogP contribution in [0.5, 0.6) is 0 Å². The molecule has 9 heavy (non-hydrogen) atoms. The van der Waals surface area contributed by atoms with Crippen molar-refractivity contribution < 1.29 is 0 Å². The highest BCUT2D eigenvalue weighted by atomic mass is 14.2. The van der Waals surface area contributed by atoms with E-state index >= 15 is 0 Å². The first-order valence-electron chi connectivity index (χ1n) is 3.45. The lowest BCUT2D eigenvalue weighted by Crippen LogP contribution is -1.94. The van der Waals surface area contributed by atoms with E-state index in [0.717, 1.165) is 5.92 Å². The van der Waals surface area contributed by atoms with Gasteiger partial charge in [-0.25, -0.2) is 0 Å². The van der Waals surface area contributed by atoms with E-state index in [1.165, 1.54) is 17.6 Å². The summed E-state index contributed by atoms with van der Waals surface area (Å²) in [7, 11) is 0. The number of hydrogen-bond donors (Lipinski definition) is 0. The van der Waals surface area contributed by atoms with Gasteiger partial charge in [0.2, 0.25) is 0 Å². The molecule has 46 valence electrons. The molecule has 0 heterocycles. The molecule has 0 amide bonds. The Hall–Kier alpha value is -0.780. The molecule has 0 radical (unpaired) electrons. The summed E-state index contributed by atoms with van der Waals surface area (Å²) in [5.74, 6) is 0.759. The molecule has 0 saturated carbocycles. The summed E-state index contributed by atoms with van der Waals surface area (Å²) >= 11 is 0. The van der Waals surface area contributed by atoms with Crippen molar-refractivity contribution in [2.24, 2.45) is 5.92 Å². The predicted molar refractivity (Wildman–Crippen MR) is 39.1 cm³/mol. The zero-order valence-electron chi connectivity index (χ0n) is 5.59. The van der Waals surface area contributed by atoms with Crippen LogP contribution >= 0.6 is 0 Å². The maximum Gasteiger partial charge on any atom is -0.0212 e. The van der Waals surface area contributed by atoms with Crippen LogP contribution in [0.15, 0.2) is 35.5 Å². The summed E-state index contributed by atoms with van der Waals surface area (Å²) in [6.45, 7) is 2.26. The Labute approximate surface area is 55.6 Å². The first-order chi connectivity index (χ1) is 4.34. The first kappa shape index (κ1) is 5.04. The lowest BCUT2D eigenvalue weighted by molar-refractivity contribution is 0.719. The summed E-state index contributed by atoms with van der Waals surface area (Å²) in [5.41, 5.74) is 2.91. The molecule has 0 nitrogen and oxygen atoms in total. The summed E-state index contributed by atoms with van der Waals surface area (Å²) in [6, 6.07) is 0. The van der Waals surface area contributed by atoms with Gasteiger partial charge in [-0.1, -0.05) is 31.2 Å². The molecule has 0 aliphatic heterocycles. The van der Waals surface area contributed by atoms with Gasteiger partial charge in [0, 0.05) is 0 Å². The molecule has 2 rings (SSSR count). The minimum atomic E-state index is 0.759. The van der Waals surface area contributed by atoms with Crippen molar-refractivity contribution >= 4 is 0 Å². The zero-order chi connectivity index (χ0) is 6.27. The van der Waals surface area contributed by atoms with Gasteiger partial charge in [-0.3, -0.25) is 0 Å². The highest BCUT2D eigenvalue weighted by molar-refractivity contribution is 5.48. The van der Waals surface area contributed by atoms with E-state index in [9.17, 15) is 0 Å². The van der Waals surface area contributed by atoms with Crippen molar-refractivity contribution in [3.8, 4) is 0 Å². The van der Waals surface area contributed by atoms with Crippen molar-refractivity contribution in [2.45, 2.75) is 13.3 Å². The van der Waals surface area contributed by atoms with Gasteiger partial charge in [-0.05, 0) is 23.5 Å². The molecule has 0 fully saturated rings. The van der Waals surface area contributed by atoms with Crippen molar-refractivity contribution in [1.29, 1.82) is 0 Å². The van der Waals surface area contributed by atoms with Gasteiger partial charge in [-0.15, -0.1) is 0 Å². The van der Waals surface area contributed by atoms with Crippen molar-refractivity contribution in [2.75, 3.05) is 0 Å². The van der Waals surface area contributed by atoms with E-state index < -0.39 is 0 Å². The Bertz CT molecular complexity index is 216. The summed E-state index contributed by atoms with van der Waals surface area (Å²) in [6.07, 6.45) is 10.2. The molecule has 2 aliphatic carbocycles. The third-order valence-electron chi connectivity index (χ3n) is 1.88. The van der Waals surface area contributed by atoms with Crippen LogP contribution in [0.25, 0.3) is 0 Å². The lowest BCUT2D eigenvalue weighted by Gasteiger charge is -2.09. The molecule has 0 saturated heterocycles. The molecule has 2 bridgehead atoms. The Morgan fingerprint density at radius 3 is 3.11 bits per heavy atom. The van der Waals surface area contributed by atoms with E-state index in [4.69, 9.17) is 0 Å². The van der Waals surface area contributed by atoms with Crippen molar-refractivity contribution in [1.82, 2.24) is 0 Å². The molecular formula is C9H10. The van der Waals surface area contributed by atoms with Gasteiger partial charge < -0.3 is 0 Å². The highest BCUT2D eigenvalue weighted by Gasteiger charge is 2.11. The maximum absolute atomic E-state index is 2.33. The van der Waals surface area contributed by atoms with E-state index in [-0.39, 0.29) is 0 Å². The number of rotatable bonds is 0. The molecule has 0 aromatic heterocycles. The Morgan fingerprint density at radius 1 is 1.44 bits per heavy atom. The molecule has 0 N–H and O–H groups in total. The van der Waals surface area contributed by atoms with Crippen molar-refractivity contribution in [3.63, 3.8) is 0 Å². The summed E-state index contributed by atoms with van der Waals surface area (Å²) in [4.78, 5) is 0. The van der Waals surface area contributed by atoms with Gasteiger partial charge in [-0.2, -0.15) is 0 Å². The Balaban J connectivity index is 2.40. The predicted octanol–water partition coefficient (Wildman–Crippen LogP) is 2.45. The third kappa shape index (κ3) is 0.748. The highest BCUT2D eigenvalue weighted by Crippen LogP contribution is 2.28. The number of allylic oxidation sites excluding steroid dienone is 6. The van der Waals surface area contributed by atoms with Gasteiger partial charge in [0.05, 0.1) is 0 Å². The van der Waals surface area contributed by atoms with Gasteiger partial charge >= 0.3 is 0 Å². The van der Waals surface area contributed by atoms with E-state index in [2.05, 4.69) is 31.2 Å². The third-order valence-corrected chi connectivity index (χ3v) is 1.88. The minimum absolute atomic E-state index is 0.759. The maximum atomic E-state index is 2.33. The standard InChI is InChI=1S/C9H10/c1-7-4-8-2-3-9(5-7)6-8/h2-4,6-7H,5H2,1H3/t7-/m0/s1. The Kier molecular flexibility index (Phi) is 0.895. The molecule has 0 heteroatoms. The van der Waals surface area contributed by atoms with Crippen LogP contribution in [-0.2, 0) is 0 Å². The summed E-state index contributed by atoms with van der Waals surface area (Å²) < 4.78 is 0. The molecule has 0 aromatic rings. The fourth-order valence-corrected chi connectivity index (χ4v) is 1.50. The number of fused-ring (bicyclic) bond motifs is 1. The molecule has 0 aromatic carbocycles. The van der Waals surface area contributed by atoms with E-state index in [0.29, 0.717) is 0 Å². The number of hydrogen-bond acceptors (Lipinski definition) is 0. The molecule has 0 spiro atoms. The van der Waals surface area contributed by atoms with Crippen LogP contribution < -0.4 is 0 Å². The largest absolute Gasteiger partial charge is 0.0741 e. The fourth-order valence-electron chi connectivity index (χ4n) is 1.50. The Morgan fingerprint density at radius 2 is 2.33 bits per heavy atom.